The van der Waals surface area contributed by atoms with E-state index in [2.05, 4.69) is 4.72 Å². The standard InChI is InChI=1S/C14H13Cl2NO2S/c1-9-4-3-5-14(10(9)2)17-20(18,19)11-6-7-12(15)13(16)8-11/h3-8,17H,1-2H3. The van der Waals surface area contributed by atoms with Crippen molar-refractivity contribution >= 4 is 38.9 Å². The van der Waals surface area contributed by atoms with Crippen LogP contribution < -0.4 is 4.72 Å². The van der Waals surface area contributed by atoms with Gasteiger partial charge in [-0.05, 0) is 49.2 Å². The fourth-order valence-electron chi connectivity index (χ4n) is 1.71. The highest BCUT2D eigenvalue weighted by Crippen LogP contribution is 2.27. The smallest absolute Gasteiger partial charge is 0.261 e. The Morgan fingerprint density at radius 2 is 1.70 bits per heavy atom. The summed E-state index contributed by atoms with van der Waals surface area (Å²) in [5.74, 6) is 0. The van der Waals surface area contributed by atoms with Gasteiger partial charge in [0, 0.05) is 0 Å². The molecule has 2 aromatic rings. The zero-order chi connectivity index (χ0) is 14.9. The van der Waals surface area contributed by atoms with Gasteiger partial charge >= 0.3 is 0 Å². The lowest BCUT2D eigenvalue weighted by molar-refractivity contribution is 0.601. The molecule has 106 valence electrons. The van der Waals surface area contributed by atoms with Crippen LogP contribution >= 0.6 is 23.2 Å². The van der Waals surface area contributed by atoms with Crippen LogP contribution in [0.15, 0.2) is 41.3 Å². The van der Waals surface area contributed by atoms with Crippen LogP contribution in [0.1, 0.15) is 11.1 Å². The van der Waals surface area contributed by atoms with Crippen molar-refractivity contribution in [3.8, 4) is 0 Å². The lowest BCUT2D eigenvalue weighted by atomic mass is 10.1. The average Bonchev–Trinajstić information content (AvgIpc) is 2.38. The summed E-state index contributed by atoms with van der Waals surface area (Å²) in [6.45, 7) is 3.79. The van der Waals surface area contributed by atoms with Gasteiger partial charge in [0.1, 0.15) is 0 Å². The molecular weight excluding hydrogens is 317 g/mol. The van der Waals surface area contributed by atoms with Crippen molar-refractivity contribution in [1.29, 1.82) is 0 Å². The monoisotopic (exact) mass is 329 g/mol. The second kappa shape index (κ2) is 5.64. The Hall–Kier alpha value is -1.23. The molecule has 1 N–H and O–H groups in total. The summed E-state index contributed by atoms with van der Waals surface area (Å²) in [5, 5.41) is 0.521. The highest BCUT2D eigenvalue weighted by Gasteiger charge is 2.16. The maximum absolute atomic E-state index is 12.3. The molecule has 0 radical (unpaired) electrons. The molecule has 0 heterocycles. The minimum absolute atomic E-state index is 0.0767. The Kier molecular flexibility index (Phi) is 4.28. The Labute approximate surface area is 128 Å². The van der Waals surface area contributed by atoms with Gasteiger partial charge < -0.3 is 0 Å². The predicted molar refractivity (Wildman–Crippen MR) is 83.2 cm³/mol. The van der Waals surface area contributed by atoms with Gasteiger partial charge in [-0.25, -0.2) is 8.42 Å². The number of sulfonamides is 1. The summed E-state index contributed by atoms with van der Waals surface area (Å²) >= 11 is 11.6. The molecule has 0 atom stereocenters. The van der Waals surface area contributed by atoms with Gasteiger partial charge in [-0.3, -0.25) is 4.72 Å². The van der Waals surface area contributed by atoms with E-state index in [0.717, 1.165) is 11.1 Å². The van der Waals surface area contributed by atoms with Gasteiger partial charge in [-0.2, -0.15) is 0 Å². The second-order valence-corrected chi connectivity index (χ2v) is 6.93. The van der Waals surface area contributed by atoms with E-state index in [1.807, 2.05) is 19.9 Å². The first-order valence-electron chi connectivity index (χ1n) is 5.85. The van der Waals surface area contributed by atoms with Crippen molar-refractivity contribution < 1.29 is 8.42 Å². The van der Waals surface area contributed by atoms with E-state index in [0.29, 0.717) is 10.7 Å². The zero-order valence-electron chi connectivity index (χ0n) is 10.9. The number of nitrogens with one attached hydrogen (secondary N) is 1. The molecule has 2 rings (SSSR count). The van der Waals surface area contributed by atoms with Crippen molar-refractivity contribution in [2.75, 3.05) is 4.72 Å². The van der Waals surface area contributed by atoms with Crippen LogP contribution in [0, 0.1) is 13.8 Å². The van der Waals surface area contributed by atoms with E-state index in [9.17, 15) is 8.42 Å². The van der Waals surface area contributed by atoms with Crippen LogP contribution in [0.2, 0.25) is 10.0 Å². The van der Waals surface area contributed by atoms with E-state index >= 15 is 0 Å². The van der Waals surface area contributed by atoms with E-state index < -0.39 is 10.0 Å². The normalized spacial score (nSPS) is 11.4. The van der Waals surface area contributed by atoms with E-state index in [1.165, 1.54) is 18.2 Å². The molecule has 0 aliphatic heterocycles. The van der Waals surface area contributed by atoms with Gasteiger partial charge in [0.2, 0.25) is 0 Å². The molecule has 0 aromatic heterocycles. The summed E-state index contributed by atoms with van der Waals surface area (Å²) in [5.41, 5.74) is 2.45. The summed E-state index contributed by atoms with van der Waals surface area (Å²) < 4.78 is 27.2. The third kappa shape index (κ3) is 3.08. The minimum Gasteiger partial charge on any atom is -0.279 e. The highest BCUT2D eigenvalue weighted by molar-refractivity contribution is 7.92. The minimum atomic E-state index is -3.68. The molecule has 2 aromatic carbocycles. The van der Waals surface area contributed by atoms with Crippen LogP contribution in [-0.2, 0) is 10.0 Å². The molecule has 0 amide bonds. The number of rotatable bonds is 3. The second-order valence-electron chi connectivity index (χ2n) is 4.43. The Balaban J connectivity index is 2.41. The van der Waals surface area contributed by atoms with Crippen LogP contribution in [0.3, 0.4) is 0 Å². The number of hydrogen-bond acceptors (Lipinski definition) is 2. The topological polar surface area (TPSA) is 46.2 Å². The molecule has 0 saturated heterocycles. The quantitative estimate of drug-likeness (QED) is 0.906. The van der Waals surface area contributed by atoms with Gasteiger partial charge in [0.15, 0.2) is 0 Å². The highest BCUT2D eigenvalue weighted by atomic mass is 35.5. The molecule has 0 bridgehead atoms. The summed E-state index contributed by atoms with van der Waals surface area (Å²) in [4.78, 5) is 0.0767. The maximum Gasteiger partial charge on any atom is 0.261 e. The van der Waals surface area contributed by atoms with Crippen LogP contribution in [-0.4, -0.2) is 8.42 Å². The number of halogens is 2. The van der Waals surface area contributed by atoms with Crippen molar-refractivity contribution in [3.63, 3.8) is 0 Å². The molecule has 20 heavy (non-hydrogen) atoms. The van der Waals surface area contributed by atoms with Crippen LogP contribution in [0.4, 0.5) is 5.69 Å². The fraction of sp³-hybridized carbons (Fsp3) is 0.143. The first kappa shape index (κ1) is 15.2. The molecule has 0 unspecified atom stereocenters. The Bertz CT molecular complexity index is 758. The Morgan fingerprint density at radius 3 is 2.35 bits per heavy atom. The van der Waals surface area contributed by atoms with Crippen molar-refractivity contribution in [2.45, 2.75) is 18.7 Å². The Morgan fingerprint density at radius 1 is 1.00 bits per heavy atom. The lowest BCUT2D eigenvalue weighted by Crippen LogP contribution is -2.14. The largest absolute Gasteiger partial charge is 0.279 e. The van der Waals surface area contributed by atoms with Gasteiger partial charge in [0.05, 0.1) is 20.6 Å². The number of benzene rings is 2. The number of aryl methyl sites for hydroxylation is 1. The summed E-state index contributed by atoms with van der Waals surface area (Å²) in [6, 6.07) is 9.65. The van der Waals surface area contributed by atoms with Gasteiger partial charge in [0.25, 0.3) is 10.0 Å². The molecule has 0 saturated carbocycles. The van der Waals surface area contributed by atoms with Crippen molar-refractivity contribution in [2.24, 2.45) is 0 Å². The third-order valence-electron chi connectivity index (χ3n) is 3.05. The predicted octanol–water partition coefficient (Wildman–Crippen LogP) is 4.41. The first-order valence-corrected chi connectivity index (χ1v) is 8.09. The molecule has 0 fully saturated rings. The summed E-state index contributed by atoms with van der Waals surface area (Å²) in [6.07, 6.45) is 0. The van der Waals surface area contributed by atoms with Crippen molar-refractivity contribution in [3.05, 3.63) is 57.6 Å². The zero-order valence-corrected chi connectivity index (χ0v) is 13.3. The van der Waals surface area contributed by atoms with Crippen LogP contribution in [0.25, 0.3) is 0 Å². The number of hydrogen-bond donors (Lipinski definition) is 1. The van der Waals surface area contributed by atoms with Crippen LogP contribution in [0.5, 0.6) is 0 Å². The number of anilines is 1. The van der Waals surface area contributed by atoms with E-state index in [4.69, 9.17) is 23.2 Å². The first-order chi connectivity index (χ1) is 9.31. The van der Waals surface area contributed by atoms with Gasteiger partial charge in [-0.15, -0.1) is 0 Å². The molecule has 0 aliphatic rings. The molecule has 3 nitrogen and oxygen atoms in total. The van der Waals surface area contributed by atoms with Gasteiger partial charge in [-0.1, -0.05) is 35.3 Å². The summed E-state index contributed by atoms with van der Waals surface area (Å²) in [7, 11) is -3.68. The fourth-order valence-corrected chi connectivity index (χ4v) is 3.22. The SMILES string of the molecule is Cc1cccc(NS(=O)(=O)c2ccc(Cl)c(Cl)c2)c1C. The molecular formula is C14H13Cl2NO2S. The van der Waals surface area contributed by atoms with Crippen molar-refractivity contribution in [1.82, 2.24) is 0 Å². The molecule has 0 aliphatic carbocycles. The maximum atomic E-state index is 12.3. The molecule has 6 heteroatoms. The third-order valence-corrected chi connectivity index (χ3v) is 5.15. The lowest BCUT2D eigenvalue weighted by Gasteiger charge is -2.12. The average molecular weight is 330 g/mol. The van der Waals surface area contributed by atoms with E-state index in [1.54, 1.807) is 12.1 Å². The molecule has 0 spiro atoms. The van der Waals surface area contributed by atoms with E-state index in [-0.39, 0.29) is 9.92 Å².